The normalized spacial score (nSPS) is 32.6. The minimum Gasteiger partial charge on any atom is -0.362 e. The van der Waals surface area contributed by atoms with Crippen LogP contribution in [0, 0.1) is 0 Å². The molecular weight excluding hydrogens is 416 g/mol. The van der Waals surface area contributed by atoms with Gasteiger partial charge in [-0.15, -0.1) is 11.6 Å². The third-order valence-electron chi connectivity index (χ3n) is 2.64. The molecule has 24 heavy (non-hydrogen) atoms. The largest absolute Gasteiger partial charge is 0.362 e. The van der Waals surface area contributed by atoms with Crippen LogP contribution in [0.5, 0.6) is 0 Å². The number of hydrogen-bond donors (Lipinski definition) is 1. The molecule has 1 heterocycles. The molecule has 1 rings (SSSR count). The van der Waals surface area contributed by atoms with Gasteiger partial charge >= 0.3 is 0 Å². The minimum absolute atomic E-state index is 0.589. The van der Waals surface area contributed by atoms with Crippen LogP contribution in [0.15, 0.2) is 0 Å². The molecule has 0 spiro atoms. The Labute approximate surface area is 145 Å². The predicted octanol–water partition coefficient (Wildman–Crippen LogP) is -2.02. The second-order valence-corrected chi connectivity index (χ2v) is 10.5. The number of alkyl halides is 1. The maximum atomic E-state index is 11.4. The van der Waals surface area contributed by atoms with E-state index in [1.165, 1.54) is 0 Å². The van der Waals surface area contributed by atoms with Crippen molar-refractivity contribution in [3.05, 3.63) is 0 Å². The van der Waals surface area contributed by atoms with Gasteiger partial charge in [-0.25, -0.2) is 0 Å². The van der Waals surface area contributed by atoms with Crippen molar-refractivity contribution in [3.8, 4) is 0 Å². The zero-order valence-electron chi connectivity index (χ0n) is 12.8. The Morgan fingerprint density at radius 3 is 1.96 bits per heavy atom. The first-order chi connectivity index (χ1) is 10.5. The third kappa shape index (κ3) is 7.05. The van der Waals surface area contributed by atoms with Crippen molar-refractivity contribution in [2.75, 3.05) is 32.0 Å². The quantitative estimate of drug-likeness (QED) is 0.349. The highest BCUT2D eigenvalue weighted by Crippen LogP contribution is 2.33. The first-order valence-electron chi connectivity index (χ1n) is 6.14. The summed E-state index contributed by atoms with van der Waals surface area (Å²) in [7, 11) is -12.2. The van der Waals surface area contributed by atoms with E-state index in [2.05, 4.69) is 12.5 Å². The number of hydrogen-bond acceptors (Lipinski definition) is 11. The molecule has 1 saturated heterocycles. The molecule has 0 aromatic carbocycles. The van der Waals surface area contributed by atoms with Crippen LogP contribution in [0.3, 0.4) is 0 Å². The number of ether oxygens (including phenoxy) is 1. The van der Waals surface area contributed by atoms with Crippen molar-refractivity contribution < 1.29 is 47.6 Å². The summed E-state index contributed by atoms with van der Waals surface area (Å²) in [5.41, 5.74) is 0. The van der Waals surface area contributed by atoms with Crippen LogP contribution in [0.25, 0.3) is 0 Å². The molecule has 1 N–H and O–H groups in total. The fourth-order valence-electron chi connectivity index (χ4n) is 1.78. The Balaban J connectivity index is 3.12. The van der Waals surface area contributed by atoms with E-state index in [-0.39, 0.29) is 0 Å². The van der Waals surface area contributed by atoms with Crippen molar-refractivity contribution in [2.24, 2.45) is 0 Å². The molecule has 11 nitrogen and oxygen atoms in total. The fraction of sp³-hybridized carbons (Fsp3) is 1.00. The highest BCUT2D eigenvalue weighted by molar-refractivity contribution is 7.86. The van der Waals surface area contributed by atoms with E-state index in [1.54, 1.807) is 0 Å². The lowest BCUT2D eigenvalue weighted by molar-refractivity contribution is -0.291. The summed E-state index contributed by atoms with van der Waals surface area (Å²) in [6, 6.07) is 0. The average Bonchev–Trinajstić information content (AvgIpc) is 2.33. The number of rotatable bonds is 7. The topological polar surface area (TPSA) is 160 Å². The molecule has 1 fully saturated rings. The third-order valence-corrected chi connectivity index (χ3v) is 4.85. The summed E-state index contributed by atoms with van der Waals surface area (Å²) >= 11 is 5.97. The maximum Gasteiger partial charge on any atom is 0.264 e. The van der Waals surface area contributed by atoms with Crippen LogP contribution in [-0.2, 0) is 47.6 Å². The molecule has 0 aromatic rings. The SMILES string of the molecule is CS(=O)(=O)OC[C@@]1(O)OC[C@@H](OS(C)(=O)=O)[C@@H](Cl)[C@@H]1OS(C)(=O)=O. The lowest BCUT2D eigenvalue weighted by Gasteiger charge is -2.43. The predicted molar refractivity (Wildman–Crippen MR) is 80.8 cm³/mol. The van der Waals surface area contributed by atoms with Crippen molar-refractivity contribution in [1.82, 2.24) is 0 Å². The Morgan fingerprint density at radius 1 is 1.04 bits per heavy atom. The molecule has 0 amide bonds. The van der Waals surface area contributed by atoms with Gasteiger partial charge in [0.2, 0.25) is 5.79 Å². The molecule has 0 aliphatic carbocycles. The molecule has 144 valence electrons. The van der Waals surface area contributed by atoms with E-state index in [1.807, 2.05) is 0 Å². The first-order valence-corrected chi connectivity index (χ1v) is 12.0. The highest BCUT2D eigenvalue weighted by Gasteiger charge is 2.54. The van der Waals surface area contributed by atoms with Gasteiger partial charge in [0.25, 0.3) is 30.4 Å². The van der Waals surface area contributed by atoms with Gasteiger partial charge in [-0.3, -0.25) is 12.5 Å². The van der Waals surface area contributed by atoms with Gasteiger partial charge in [0.05, 0.1) is 30.8 Å². The van der Waals surface area contributed by atoms with Gasteiger partial charge in [0.1, 0.15) is 12.7 Å². The van der Waals surface area contributed by atoms with Crippen LogP contribution in [-0.4, -0.2) is 85.7 Å². The van der Waals surface area contributed by atoms with E-state index in [4.69, 9.17) is 16.3 Å². The molecule has 0 saturated carbocycles. The summed E-state index contributed by atoms with van der Waals surface area (Å²) < 4.78 is 85.9. The van der Waals surface area contributed by atoms with Crippen molar-refractivity contribution >= 4 is 42.0 Å². The van der Waals surface area contributed by atoms with E-state index < -0.39 is 66.9 Å². The Hall–Kier alpha value is -0.0600. The molecular formula is C9H17ClO11S3. The standard InChI is InChI=1S/C9H17ClO11S3/c1-22(12,13)19-5-9(11)8(21-24(3,16)17)7(10)6(4-18-9)20-23(2,14)15/h6-8,11H,4-5H2,1-3H3/t6-,7-,8+,9-/m1/s1. The summed E-state index contributed by atoms with van der Waals surface area (Å²) in [4.78, 5) is 0. The number of aliphatic hydroxyl groups is 1. The molecule has 4 atom stereocenters. The summed E-state index contributed by atoms with van der Waals surface area (Å²) in [6.07, 6.45) is -1.20. The second-order valence-electron chi connectivity index (χ2n) is 5.13. The maximum absolute atomic E-state index is 11.4. The molecule has 0 aromatic heterocycles. The van der Waals surface area contributed by atoms with Crippen molar-refractivity contribution in [2.45, 2.75) is 23.4 Å². The molecule has 0 bridgehead atoms. The first kappa shape index (κ1) is 22.0. The monoisotopic (exact) mass is 432 g/mol. The zero-order chi connectivity index (χ0) is 19.0. The van der Waals surface area contributed by atoms with Gasteiger partial charge in [-0.1, -0.05) is 0 Å². The van der Waals surface area contributed by atoms with Crippen molar-refractivity contribution in [3.63, 3.8) is 0 Å². The van der Waals surface area contributed by atoms with Gasteiger partial charge < -0.3 is 9.84 Å². The summed E-state index contributed by atoms with van der Waals surface area (Å²) in [6.45, 7) is -1.62. The highest BCUT2D eigenvalue weighted by atomic mass is 35.5. The fourth-order valence-corrected chi connectivity index (χ4v) is 3.93. The lowest BCUT2D eigenvalue weighted by atomic mass is 10.0. The lowest BCUT2D eigenvalue weighted by Crippen LogP contribution is -2.63. The van der Waals surface area contributed by atoms with Gasteiger partial charge in [-0.2, -0.15) is 25.3 Å². The summed E-state index contributed by atoms with van der Waals surface area (Å²) in [5.74, 6) is -2.57. The Bertz CT molecular complexity index is 759. The van der Waals surface area contributed by atoms with Gasteiger partial charge in [0, 0.05) is 0 Å². The minimum atomic E-state index is -4.18. The molecule has 15 heteroatoms. The molecule has 0 unspecified atom stereocenters. The van der Waals surface area contributed by atoms with Crippen LogP contribution in [0.1, 0.15) is 0 Å². The van der Waals surface area contributed by atoms with Crippen LogP contribution in [0.2, 0.25) is 0 Å². The van der Waals surface area contributed by atoms with Gasteiger partial charge in [0.15, 0.2) is 6.10 Å². The molecule has 1 aliphatic heterocycles. The summed E-state index contributed by atoms with van der Waals surface area (Å²) in [5, 5.41) is 8.84. The Kier molecular flexibility index (Phi) is 6.67. The van der Waals surface area contributed by atoms with Crippen LogP contribution < -0.4 is 0 Å². The van der Waals surface area contributed by atoms with Crippen molar-refractivity contribution in [1.29, 1.82) is 0 Å². The molecule has 1 aliphatic rings. The molecule has 0 radical (unpaired) electrons. The number of halogens is 1. The van der Waals surface area contributed by atoms with Crippen LogP contribution >= 0.6 is 11.6 Å². The van der Waals surface area contributed by atoms with E-state index in [9.17, 15) is 30.4 Å². The van der Waals surface area contributed by atoms with Gasteiger partial charge in [-0.05, 0) is 0 Å². The van der Waals surface area contributed by atoms with E-state index >= 15 is 0 Å². The van der Waals surface area contributed by atoms with Crippen LogP contribution in [0.4, 0.5) is 0 Å². The van der Waals surface area contributed by atoms with E-state index in [0.29, 0.717) is 12.5 Å². The van der Waals surface area contributed by atoms with E-state index in [0.717, 1.165) is 6.26 Å². The zero-order valence-corrected chi connectivity index (χ0v) is 16.0. The second kappa shape index (κ2) is 7.28. The smallest absolute Gasteiger partial charge is 0.264 e. The Morgan fingerprint density at radius 2 is 1.54 bits per heavy atom. The average molecular weight is 433 g/mol.